The van der Waals surface area contributed by atoms with Crippen LogP contribution in [0.3, 0.4) is 0 Å². The van der Waals surface area contributed by atoms with Crippen molar-refractivity contribution >= 4 is 5.97 Å². The van der Waals surface area contributed by atoms with E-state index in [9.17, 15) is 44.3 Å². The van der Waals surface area contributed by atoms with Gasteiger partial charge in [0.25, 0.3) is 0 Å². The third-order valence-corrected chi connectivity index (χ3v) is 6.02. The SMILES string of the molecule is CCOC(=O)[C@H]1CCCN(Cc2cc(C(F)(F)F)ccc2C(F)(F)F)[C@H]1c1ccc(C(F)(F)F)cc1. The second kappa shape index (κ2) is 10.3. The lowest BCUT2D eigenvalue weighted by Gasteiger charge is -2.41. The molecule has 0 saturated carbocycles. The number of piperidine rings is 1. The number of alkyl halides is 9. The number of ether oxygens (including phenoxy) is 1. The van der Waals surface area contributed by atoms with Crippen molar-refractivity contribution in [2.75, 3.05) is 13.2 Å². The Kier molecular flexibility index (Phi) is 7.97. The number of carbonyl (C=O) groups excluding carboxylic acids is 1. The minimum Gasteiger partial charge on any atom is -0.466 e. The summed E-state index contributed by atoms with van der Waals surface area (Å²) in [6.07, 6.45) is -13.9. The molecule has 0 aromatic heterocycles. The first-order chi connectivity index (χ1) is 16.6. The van der Waals surface area contributed by atoms with E-state index in [1.165, 1.54) is 4.90 Å². The van der Waals surface area contributed by atoms with Crippen molar-refractivity contribution in [3.8, 4) is 0 Å². The van der Waals surface area contributed by atoms with Crippen molar-refractivity contribution in [1.29, 1.82) is 0 Å². The van der Waals surface area contributed by atoms with Gasteiger partial charge < -0.3 is 4.74 Å². The Bertz CT molecular complexity index is 1060. The van der Waals surface area contributed by atoms with Crippen LogP contribution in [0.2, 0.25) is 0 Å². The Morgan fingerprint density at radius 2 is 1.47 bits per heavy atom. The summed E-state index contributed by atoms with van der Waals surface area (Å²) in [6.45, 7) is 1.04. The normalized spacial score (nSPS) is 19.8. The van der Waals surface area contributed by atoms with Gasteiger partial charge in [-0.15, -0.1) is 0 Å². The summed E-state index contributed by atoms with van der Waals surface area (Å²) in [4.78, 5) is 14.0. The van der Waals surface area contributed by atoms with E-state index in [0.717, 1.165) is 24.3 Å². The van der Waals surface area contributed by atoms with Crippen LogP contribution < -0.4 is 0 Å². The molecule has 1 heterocycles. The molecule has 1 fully saturated rings. The van der Waals surface area contributed by atoms with Gasteiger partial charge in [-0.25, -0.2) is 0 Å². The zero-order valence-corrected chi connectivity index (χ0v) is 18.9. The monoisotopic (exact) mass is 527 g/mol. The van der Waals surface area contributed by atoms with Crippen LogP contribution in [0.15, 0.2) is 42.5 Å². The number of benzene rings is 2. The summed E-state index contributed by atoms with van der Waals surface area (Å²) in [5, 5.41) is 0. The molecule has 2 aromatic carbocycles. The molecule has 0 amide bonds. The van der Waals surface area contributed by atoms with Gasteiger partial charge in [0.1, 0.15) is 0 Å². The highest BCUT2D eigenvalue weighted by molar-refractivity contribution is 5.73. The molecule has 0 spiro atoms. The zero-order valence-electron chi connectivity index (χ0n) is 18.9. The van der Waals surface area contributed by atoms with Gasteiger partial charge in [-0.3, -0.25) is 9.69 Å². The number of halogens is 9. The third-order valence-electron chi connectivity index (χ3n) is 6.02. The maximum atomic E-state index is 13.6. The largest absolute Gasteiger partial charge is 0.466 e. The van der Waals surface area contributed by atoms with Crippen molar-refractivity contribution in [2.45, 2.75) is 50.9 Å². The summed E-state index contributed by atoms with van der Waals surface area (Å²) >= 11 is 0. The number of likely N-dealkylation sites (tertiary alicyclic amines) is 1. The summed E-state index contributed by atoms with van der Waals surface area (Å²) in [5.41, 5.74) is -3.94. The molecular weight excluding hydrogens is 505 g/mol. The highest BCUT2D eigenvalue weighted by Gasteiger charge is 2.41. The summed E-state index contributed by atoms with van der Waals surface area (Å²) in [6, 6.07) is 3.93. The van der Waals surface area contributed by atoms with Crippen molar-refractivity contribution in [3.05, 3.63) is 70.3 Å². The van der Waals surface area contributed by atoms with Gasteiger partial charge in [0.05, 0.1) is 29.2 Å². The predicted molar refractivity (Wildman–Crippen MR) is 110 cm³/mol. The van der Waals surface area contributed by atoms with E-state index < -0.39 is 65.3 Å². The Morgan fingerprint density at radius 1 is 0.889 bits per heavy atom. The number of nitrogens with zero attached hydrogens (tertiary/aromatic N) is 1. The van der Waals surface area contributed by atoms with Crippen molar-refractivity contribution in [1.82, 2.24) is 4.90 Å². The van der Waals surface area contributed by atoms with E-state index in [1.54, 1.807) is 6.92 Å². The molecule has 1 aliphatic rings. The van der Waals surface area contributed by atoms with Gasteiger partial charge in [0.2, 0.25) is 0 Å². The van der Waals surface area contributed by atoms with E-state index in [1.807, 2.05) is 0 Å². The third kappa shape index (κ3) is 6.32. The molecule has 198 valence electrons. The maximum absolute atomic E-state index is 13.6. The first kappa shape index (κ1) is 27.8. The molecule has 12 heteroatoms. The fourth-order valence-corrected chi connectivity index (χ4v) is 4.45. The maximum Gasteiger partial charge on any atom is 0.416 e. The number of carbonyl (C=O) groups is 1. The van der Waals surface area contributed by atoms with Crippen LogP contribution in [0.5, 0.6) is 0 Å². The molecule has 2 atom stereocenters. The lowest BCUT2D eigenvalue weighted by molar-refractivity contribution is -0.153. The van der Waals surface area contributed by atoms with E-state index >= 15 is 0 Å². The summed E-state index contributed by atoms with van der Waals surface area (Å²) < 4.78 is 125. The minimum atomic E-state index is -4.94. The lowest BCUT2D eigenvalue weighted by Crippen LogP contribution is -2.42. The molecule has 3 nitrogen and oxygen atoms in total. The van der Waals surface area contributed by atoms with Gasteiger partial charge in [0, 0.05) is 12.6 Å². The van der Waals surface area contributed by atoms with Crippen molar-refractivity contribution < 1.29 is 49.0 Å². The van der Waals surface area contributed by atoms with Crippen LogP contribution in [-0.4, -0.2) is 24.0 Å². The van der Waals surface area contributed by atoms with E-state index in [4.69, 9.17) is 4.74 Å². The molecule has 0 aliphatic carbocycles. The van der Waals surface area contributed by atoms with Crippen LogP contribution in [0.4, 0.5) is 39.5 Å². The Labute approximate surface area is 200 Å². The second-order valence-corrected chi connectivity index (χ2v) is 8.40. The van der Waals surface area contributed by atoms with Gasteiger partial charge in [0.15, 0.2) is 0 Å². The van der Waals surface area contributed by atoms with Crippen LogP contribution >= 0.6 is 0 Å². The number of hydrogen-bond donors (Lipinski definition) is 0. The van der Waals surface area contributed by atoms with E-state index in [0.29, 0.717) is 24.6 Å². The average Bonchev–Trinajstić information content (AvgIpc) is 2.77. The highest BCUT2D eigenvalue weighted by atomic mass is 19.4. The van der Waals surface area contributed by atoms with Gasteiger partial charge in [-0.1, -0.05) is 12.1 Å². The van der Waals surface area contributed by atoms with Crippen LogP contribution in [-0.2, 0) is 34.6 Å². The van der Waals surface area contributed by atoms with Gasteiger partial charge in [-0.2, -0.15) is 39.5 Å². The summed E-state index contributed by atoms with van der Waals surface area (Å²) in [7, 11) is 0. The fourth-order valence-electron chi connectivity index (χ4n) is 4.45. The molecule has 0 radical (unpaired) electrons. The second-order valence-electron chi connectivity index (χ2n) is 8.40. The lowest BCUT2D eigenvalue weighted by atomic mass is 9.83. The smallest absolute Gasteiger partial charge is 0.416 e. The van der Waals surface area contributed by atoms with Crippen LogP contribution in [0.25, 0.3) is 0 Å². The van der Waals surface area contributed by atoms with E-state index in [2.05, 4.69) is 0 Å². The fraction of sp³-hybridized carbons (Fsp3) is 0.458. The first-order valence-electron chi connectivity index (χ1n) is 11.0. The molecule has 36 heavy (non-hydrogen) atoms. The molecule has 2 aromatic rings. The van der Waals surface area contributed by atoms with Crippen LogP contribution in [0.1, 0.15) is 53.6 Å². The molecular formula is C24H22F9NO2. The molecule has 0 N–H and O–H groups in total. The topological polar surface area (TPSA) is 29.5 Å². The Morgan fingerprint density at radius 3 is 2.00 bits per heavy atom. The Hall–Kier alpha value is -2.76. The quantitative estimate of drug-likeness (QED) is 0.303. The molecule has 1 saturated heterocycles. The van der Waals surface area contributed by atoms with Crippen molar-refractivity contribution in [2.24, 2.45) is 5.92 Å². The van der Waals surface area contributed by atoms with Crippen molar-refractivity contribution in [3.63, 3.8) is 0 Å². The predicted octanol–water partition coefficient (Wildman–Crippen LogP) is 7.26. The molecule has 0 bridgehead atoms. The molecule has 1 aliphatic heterocycles. The zero-order chi connectivity index (χ0) is 26.9. The first-order valence-corrected chi connectivity index (χ1v) is 11.0. The standard InChI is InChI=1S/C24H22F9NO2/c1-2-36-21(35)18-4-3-11-34(20(18)14-5-7-16(8-6-14)22(25,26)27)13-15-12-17(23(28,29)30)9-10-19(15)24(31,32)33/h5-10,12,18,20H,2-4,11,13H2,1H3/t18-,20-/m0/s1. The number of hydrogen-bond acceptors (Lipinski definition) is 3. The summed E-state index contributed by atoms with van der Waals surface area (Å²) in [5.74, 6) is -1.62. The number of rotatable bonds is 5. The number of esters is 1. The Balaban J connectivity index is 2.07. The molecule has 3 rings (SSSR count). The van der Waals surface area contributed by atoms with Crippen LogP contribution in [0, 0.1) is 5.92 Å². The van der Waals surface area contributed by atoms with Gasteiger partial charge >= 0.3 is 24.5 Å². The molecule has 0 unspecified atom stereocenters. The highest BCUT2D eigenvalue weighted by Crippen LogP contribution is 2.42. The van der Waals surface area contributed by atoms with E-state index in [-0.39, 0.29) is 25.1 Å². The minimum absolute atomic E-state index is 0.000907. The van der Waals surface area contributed by atoms with Gasteiger partial charge in [-0.05, 0) is 67.8 Å². The average molecular weight is 527 g/mol.